The minimum atomic E-state index is -4.49. The highest BCUT2D eigenvalue weighted by atomic mass is 35.5. The predicted octanol–water partition coefficient (Wildman–Crippen LogP) is 9.49. The highest BCUT2D eigenvalue weighted by Gasteiger charge is 2.31. The Kier molecular flexibility index (Phi) is 8.23. The average Bonchev–Trinajstić information content (AvgIpc) is 3.39. The molecule has 0 fully saturated rings. The van der Waals surface area contributed by atoms with E-state index in [9.17, 15) is 36.8 Å². The molecule has 232 valence electrons. The monoisotopic (exact) mass is 660 g/mol. The van der Waals surface area contributed by atoms with Crippen LogP contribution in [-0.2, 0) is 10.0 Å². The van der Waals surface area contributed by atoms with Gasteiger partial charge in [-0.3, -0.25) is 0 Å². The van der Waals surface area contributed by atoms with Crippen molar-refractivity contribution in [1.29, 1.82) is 5.26 Å². The van der Waals surface area contributed by atoms with Gasteiger partial charge in [0.25, 0.3) is 16.4 Å². The Hall–Kier alpha value is -4.85. The van der Waals surface area contributed by atoms with Crippen LogP contribution in [0.15, 0.2) is 95.4 Å². The second-order valence-corrected chi connectivity index (χ2v) is 13.1. The van der Waals surface area contributed by atoms with Crippen LogP contribution in [0.4, 0.5) is 13.2 Å². The number of aromatic nitrogens is 1. The SMILES string of the molecule is N#CC1=C(c2c(-c3cccc(-c4ccc(C(=O)O)cc4Cl)c3)n(S(=O)(=O)c3ccc(C(F)F)cc3)c3ccc(F)cc23)CCCC1. The maximum Gasteiger partial charge on any atom is 0.335 e. The van der Waals surface area contributed by atoms with Gasteiger partial charge in [-0.25, -0.2) is 30.4 Å². The minimum absolute atomic E-state index is 0.00781. The first-order valence-electron chi connectivity index (χ1n) is 14.2. The van der Waals surface area contributed by atoms with Crippen LogP contribution in [0.2, 0.25) is 5.02 Å². The van der Waals surface area contributed by atoms with Crippen molar-refractivity contribution in [1.82, 2.24) is 3.97 Å². The molecule has 0 amide bonds. The van der Waals surface area contributed by atoms with E-state index in [1.165, 1.54) is 24.3 Å². The number of carbonyl (C=O) groups is 1. The topological polar surface area (TPSA) is 100 Å². The molecule has 0 unspecified atom stereocenters. The third-order valence-corrected chi connectivity index (χ3v) is 10.2. The Labute approximate surface area is 267 Å². The summed E-state index contributed by atoms with van der Waals surface area (Å²) >= 11 is 6.49. The third-order valence-electron chi connectivity index (χ3n) is 8.12. The molecule has 11 heteroatoms. The zero-order valence-corrected chi connectivity index (χ0v) is 25.5. The van der Waals surface area contributed by atoms with E-state index in [4.69, 9.17) is 11.6 Å². The Bertz CT molecular complexity index is 2220. The van der Waals surface area contributed by atoms with Crippen molar-refractivity contribution < 1.29 is 31.5 Å². The summed E-state index contributed by atoms with van der Waals surface area (Å²) in [5.74, 6) is -1.76. The average molecular weight is 661 g/mol. The summed E-state index contributed by atoms with van der Waals surface area (Å²) in [7, 11) is -4.49. The molecule has 1 N–H and O–H groups in total. The van der Waals surface area contributed by atoms with Crippen molar-refractivity contribution in [3.63, 3.8) is 0 Å². The number of carboxylic acid groups (broad SMARTS) is 1. The molecule has 0 atom stereocenters. The Morgan fingerprint density at radius 1 is 0.935 bits per heavy atom. The molecule has 0 saturated heterocycles. The normalized spacial score (nSPS) is 13.7. The molecule has 0 radical (unpaired) electrons. The van der Waals surface area contributed by atoms with Crippen molar-refractivity contribution >= 4 is 44.1 Å². The number of benzene rings is 4. The Morgan fingerprint density at radius 2 is 1.65 bits per heavy atom. The first kappa shape index (κ1) is 31.1. The molecular formula is C35H24ClF3N2O4S. The number of halogens is 4. The molecule has 6 rings (SSSR count). The van der Waals surface area contributed by atoms with Crippen molar-refractivity contribution in [3.8, 4) is 28.5 Å². The van der Waals surface area contributed by atoms with Crippen LogP contribution in [0.5, 0.6) is 0 Å². The van der Waals surface area contributed by atoms with Crippen molar-refractivity contribution in [2.45, 2.75) is 37.0 Å². The quantitative estimate of drug-likeness (QED) is 0.187. The summed E-state index contributed by atoms with van der Waals surface area (Å²) in [4.78, 5) is 11.2. The molecule has 0 spiro atoms. The lowest BCUT2D eigenvalue weighted by molar-refractivity contribution is 0.0697. The number of allylic oxidation sites excluding steroid dienone is 2. The molecule has 0 bridgehead atoms. The van der Waals surface area contributed by atoms with E-state index in [1.807, 2.05) is 0 Å². The molecule has 1 aliphatic carbocycles. The van der Waals surface area contributed by atoms with Gasteiger partial charge in [-0.1, -0.05) is 48.0 Å². The standard InChI is InChI=1S/C35H24ClF3N2O4S/c36-30-17-23(35(42)43)10-14-27(30)21-5-3-6-22(16-21)33-32(28-7-2-1-4-24(28)19-40)29-18-25(37)11-15-31(29)41(33)46(44,45)26-12-8-20(9-13-26)34(38)39/h3,5-6,8-18,34H,1-2,4,7H2,(H,42,43). The summed E-state index contributed by atoms with van der Waals surface area (Å²) in [6, 6.07) is 21.4. The van der Waals surface area contributed by atoms with Crippen LogP contribution in [-0.4, -0.2) is 23.5 Å². The zero-order chi connectivity index (χ0) is 32.7. The lowest BCUT2D eigenvalue weighted by Crippen LogP contribution is -2.15. The minimum Gasteiger partial charge on any atom is -0.478 e. The first-order valence-corrected chi connectivity index (χ1v) is 16.1. The van der Waals surface area contributed by atoms with Crippen molar-refractivity contribution in [2.24, 2.45) is 0 Å². The van der Waals surface area contributed by atoms with Gasteiger partial charge in [0, 0.05) is 38.2 Å². The lowest BCUT2D eigenvalue weighted by atomic mass is 9.85. The summed E-state index contributed by atoms with van der Waals surface area (Å²) in [5.41, 5.74) is 2.86. The number of rotatable bonds is 7. The zero-order valence-electron chi connectivity index (χ0n) is 24.0. The molecule has 1 heterocycles. The van der Waals surface area contributed by atoms with Gasteiger partial charge in [0.1, 0.15) is 5.82 Å². The number of nitriles is 1. The van der Waals surface area contributed by atoms with Crippen LogP contribution in [0.1, 0.15) is 53.6 Å². The number of alkyl halides is 2. The van der Waals surface area contributed by atoms with E-state index in [2.05, 4.69) is 6.07 Å². The molecule has 6 nitrogen and oxygen atoms in total. The van der Waals surface area contributed by atoms with Gasteiger partial charge in [-0.05, 0) is 85.4 Å². The molecule has 4 aromatic carbocycles. The number of carboxylic acids is 1. The van der Waals surface area contributed by atoms with Gasteiger partial charge in [0.05, 0.1) is 27.7 Å². The number of fused-ring (bicyclic) bond motifs is 1. The third kappa shape index (κ3) is 5.46. The fourth-order valence-electron chi connectivity index (χ4n) is 5.96. The van der Waals surface area contributed by atoms with E-state index in [0.717, 1.165) is 47.1 Å². The van der Waals surface area contributed by atoms with Gasteiger partial charge in [-0.2, -0.15) is 5.26 Å². The highest BCUT2D eigenvalue weighted by molar-refractivity contribution is 7.90. The van der Waals surface area contributed by atoms with Gasteiger partial charge in [-0.15, -0.1) is 0 Å². The van der Waals surface area contributed by atoms with E-state index >= 15 is 0 Å². The smallest absolute Gasteiger partial charge is 0.335 e. The van der Waals surface area contributed by atoms with Gasteiger partial charge < -0.3 is 5.11 Å². The van der Waals surface area contributed by atoms with Crippen molar-refractivity contribution in [2.75, 3.05) is 0 Å². The molecule has 5 aromatic rings. The van der Waals surface area contributed by atoms with E-state index in [-0.39, 0.29) is 37.6 Å². The number of hydrogen-bond acceptors (Lipinski definition) is 4. The maximum atomic E-state index is 14.9. The maximum absolute atomic E-state index is 14.9. The highest BCUT2D eigenvalue weighted by Crippen LogP contribution is 2.46. The molecular weight excluding hydrogens is 637 g/mol. The van der Waals surface area contributed by atoms with Crippen molar-refractivity contribution in [3.05, 3.63) is 118 Å². The lowest BCUT2D eigenvalue weighted by Gasteiger charge is -2.19. The Balaban J connectivity index is 1.70. The van der Waals surface area contributed by atoms with Crippen LogP contribution < -0.4 is 0 Å². The number of nitrogens with zero attached hydrogens (tertiary/aromatic N) is 2. The fraction of sp³-hybridized carbons (Fsp3) is 0.143. The van der Waals surface area contributed by atoms with E-state index in [0.29, 0.717) is 46.2 Å². The molecule has 1 aliphatic rings. The van der Waals surface area contributed by atoms with Gasteiger partial charge in [0.2, 0.25) is 0 Å². The van der Waals surface area contributed by atoms with Gasteiger partial charge >= 0.3 is 5.97 Å². The summed E-state index contributed by atoms with van der Waals surface area (Å²) in [6.45, 7) is 0. The first-order chi connectivity index (χ1) is 22.0. The molecule has 1 aromatic heterocycles. The van der Waals surface area contributed by atoms with Crippen LogP contribution in [0.3, 0.4) is 0 Å². The van der Waals surface area contributed by atoms with Crippen LogP contribution in [0.25, 0.3) is 38.9 Å². The van der Waals surface area contributed by atoms with Gasteiger partial charge in [0.15, 0.2) is 0 Å². The van der Waals surface area contributed by atoms with E-state index in [1.54, 1.807) is 30.3 Å². The number of aromatic carboxylic acids is 1. The summed E-state index contributed by atoms with van der Waals surface area (Å²) in [6.07, 6.45) is -0.368. The largest absolute Gasteiger partial charge is 0.478 e. The second-order valence-electron chi connectivity index (χ2n) is 10.9. The summed E-state index contributed by atoms with van der Waals surface area (Å²) < 4.78 is 71.6. The molecule has 0 saturated carbocycles. The second kappa shape index (κ2) is 12.2. The van der Waals surface area contributed by atoms with Crippen LogP contribution >= 0.6 is 11.6 Å². The fourth-order valence-corrected chi connectivity index (χ4v) is 7.80. The summed E-state index contributed by atoms with van der Waals surface area (Å²) in [5, 5.41) is 19.9. The van der Waals surface area contributed by atoms with E-state index < -0.39 is 28.2 Å². The number of hydrogen-bond donors (Lipinski definition) is 1. The predicted molar refractivity (Wildman–Crippen MR) is 170 cm³/mol. The molecule has 46 heavy (non-hydrogen) atoms. The van der Waals surface area contributed by atoms with Crippen LogP contribution in [0, 0.1) is 17.1 Å². The Morgan fingerprint density at radius 3 is 2.33 bits per heavy atom. The molecule has 0 aliphatic heterocycles.